The minimum atomic E-state index is -3.76. The molecular formula is C14H15BrN2O3S. The molecule has 1 aromatic carbocycles. The van der Waals surface area contributed by atoms with Crippen LogP contribution in [0.5, 0.6) is 0 Å². The Hall–Kier alpha value is -1.44. The average molecular weight is 371 g/mol. The number of rotatable bonds is 4. The summed E-state index contributed by atoms with van der Waals surface area (Å²) in [5.74, 6) is 0. The number of hydrogen-bond donors (Lipinski definition) is 2. The quantitative estimate of drug-likeness (QED) is 0.866. The Morgan fingerprint density at radius 2 is 2.00 bits per heavy atom. The number of halogens is 1. The smallest absolute Gasteiger partial charge is 0.263 e. The van der Waals surface area contributed by atoms with Crippen molar-refractivity contribution in [2.45, 2.75) is 25.3 Å². The van der Waals surface area contributed by atoms with Crippen LogP contribution in [0.1, 0.15) is 16.7 Å². The number of anilines is 1. The summed E-state index contributed by atoms with van der Waals surface area (Å²) >= 11 is 3.30. The van der Waals surface area contributed by atoms with Crippen LogP contribution in [0.3, 0.4) is 0 Å². The number of aromatic nitrogens is 1. The van der Waals surface area contributed by atoms with E-state index < -0.39 is 10.0 Å². The second-order valence-corrected chi connectivity index (χ2v) is 7.12. The molecule has 2 N–H and O–H groups in total. The van der Waals surface area contributed by atoms with Crippen molar-refractivity contribution in [3.05, 3.63) is 51.8 Å². The maximum absolute atomic E-state index is 12.6. The number of benzene rings is 1. The van der Waals surface area contributed by atoms with E-state index in [0.29, 0.717) is 15.7 Å². The first-order valence-corrected chi connectivity index (χ1v) is 8.46. The molecule has 2 aromatic rings. The Balaban J connectivity index is 2.50. The summed E-state index contributed by atoms with van der Waals surface area (Å²) in [6.45, 7) is 3.33. The number of nitrogens with one attached hydrogen (secondary N) is 1. The number of aliphatic hydroxyl groups is 1. The summed E-state index contributed by atoms with van der Waals surface area (Å²) in [7, 11) is -3.76. The minimum Gasteiger partial charge on any atom is -0.392 e. The zero-order valence-corrected chi connectivity index (χ0v) is 14.0. The summed E-state index contributed by atoms with van der Waals surface area (Å²) < 4.78 is 28.1. The number of nitrogens with zero attached hydrogens (tertiary/aromatic N) is 1. The van der Waals surface area contributed by atoms with Gasteiger partial charge in [-0.25, -0.2) is 8.42 Å². The van der Waals surface area contributed by atoms with Crippen molar-refractivity contribution in [2.24, 2.45) is 0 Å². The van der Waals surface area contributed by atoms with Crippen LogP contribution in [0.25, 0.3) is 0 Å². The van der Waals surface area contributed by atoms with Gasteiger partial charge in [0.05, 0.1) is 12.3 Å². The summed E-state index contributed by atoms with van der Waals surface area (Å²) in [4.78, 5) is 4.03. The van der Waals surface area contributed by atoms with Gasteiger partial charge in [-0.2, -0.15) is 0 Å². The average Bonchev–Trinajstić information content (AvgIpc) is 2.43. The zero-order valence-electron chi connectivity index (χ0n) is 11.6. The first-order chi connectivity index (χ1) is 9.85. The lowest BCUT2D eigenvalue weighted by Crippen LogP contribution is -2.15. The molecule has 0 unspecified atom stereocenters. The highest BCUT2D eigenvalue weighted by molar-refractivity contribution is 9.10. The number of aryl methyl sites for hydroxylation is 2. The zero-order chi connectivity index (χ0) is 15.6. The molecule has 0 radical (unpaired) electrons. The molecule has 7 heteroatoms. The van der Waals surface area contributed by atoms with E-state index in [1.807, 2.05) is 0 Å². The van der Waals surface area contributed by atoms with Gasteiger partial charge in [0.25, 0.3) is 10.0 Å². The van der Waals surface area contributed by atoms with E-state index in [1.54, 1.807) is 32.2 Å². The van der Waals surface area contributed by atoms with Crippen molar-refractivity contribution in [2.75, 3.05) is 4.72 Å². The molecule has 1 heterocycles. The van der Waals surface area contributed by atoms with Crippen molar-refractivity contribution < 1.29 is 13.5 Å². The first-order valence-electron chi connectivity index (χ1n) is 6.18. The topological polar surface area (TPSA) is 79.3 Å². The SMILES string of the molecule is Cc1cnccc1NS(=O)(=O)c1cc(CO)cc(C)c1Br. The second kappa shape index (κ2) is 6.13. The van der Waals surface area contributed by atoms with Crippen LogP contribution in [-0.2, 0) is 16.6 Å². The molecule has 0 fully saturated rings. The Kier molecular flexibility index (Phi) is 4.65. The van der Waals surface area contributed by atoms with E-state index in [0.717, 1.165) is 11.1 Å². The van der Waals surface area contributed by atoms with Gasteiger partial charge in [-0.15, -0.1) is 0 Å². The molecule has 0 amide bonds. The highest BCUT2D eigenvalue weighted by Gasteiger charge is 2.20. The van der Waals surface area contributed by atoms with Gasteiger partial charge < -0.3 is 5.11 Å². The summed E-state index contributed by atoms with van der Waals surface area (Å²) in [5.41, 5.74) is 2.49. The Labute approximate surface area is 132 Å². The number of aliphatic hydroxyl groups excluding tert-OH is 1. The highest BCUT2D eigenvalue weighted by atomic mass is 79.9. The third-order valence-corrected chi connectivity index (χ3v) is 5.72. The Bertz CT molecular complexity index is 776. The molecule has 1 aromatic heterocycles. The highest BCUT2D eigenvalue weighted by Crippen LogP contribution is 2.29. The van der Waals surface area contributed by atoms with Crippen molar-refractivity contribution in [3.63, 3.8) is 0 Å². The van der Waals surface area contributed by atoms with E-state index in [-0.39, 0.29) is 11.5 Å². The molecule has 0 aliphatic rings. The van der Waals surface area contributed by atoms with E-state index in [4.69, 9.17) is 0 Å². The lowest BCUT2D eigenvalue weighted by molar-refractivity contribution is 0.281. The Morgan fingerprint density at radius 1 is 1.29 bits per heavy atom. The standard InChI is InChI=1S/C14H15BrN2O3S/c1-9-5-11(8-18)6-13(14(9)15)21(19,20)17-12-3-4-16-7-10(12)2/h3-7,18H,8H2,1-2H3,(H,16,17). The fourth-order valence-corrected chi connectivity index (χ4v) is 4.08. The van der Waals surface area contributed by atoms with Gasteiger partial charge in [-0.3, -0.25) is 9.71 Å². The molecule has 112 valence electrons. The number of hydrogen-bond acceptors (Lipinski definition) is 4. The molecule has 2 rings (SSSR count). The molecule has 0 aliphatic heterocycles. The Morgan fingerprint density at radius 3 is 2.62 bits per heavy atom. The maximum atomic E-state index is 12.6. The van der Waals surface area contributed by atoms with Crippen LogP contribution in [0, 0.1) is 13.8 Å². The van der Waals surface area contributed by atoms with Gasteiger partial charge in [0.15, 0.2) is 0 Å². The van der Waals surface area contributed by atoms with E-state index in [1.165, 1.54) is 12.3 Å². The lowest BCUT2D eigenvalue weighted by Gasteiger charge is -2.13. The van der Waals surface area contributed by atoms with Crippen LogP contribution in [0.2, 0.25) is 0 Å². The second-order valence-electron chi connectivity index (χ2n) is 4.68. The largest absolute Gasteiger partial charge is 0.392 e. The number of pyridine rings is 1. The van der Waals surface area contributed by atoms with Crippen LogP contribution < -0.4 is 4.72 Å². The van der Waals surface area contributed by atoms with E-state index >= 15 is 0 Å². The van der Waals surface area contributed by atoms with Gasteiger partial charge in [0.2, 0.25) is 0 Å². The van der Waals surface area contributed by atoms with Crippen LogP contribution in [0.4, 0.5) is 5.69 Å². The minimum absolute atomic E-state index is 0.0998. The fraction of sp³-hybridized carbons (Fsp3) is 0.214. The van der Waals surface area contributed by atoms with Crippen LogP contribution in [-0.4, -0.2) is 18.5 Å². The summed E-state index contributed by atoms with van der Waals surface area (Å²) in [5, 5.41) is 9.24. The monoisotopic (exact) mass is 370 g/mol. The molecule has 0 saturated heterocycles. The first kappa shape index (κ1) is 15.9. The predicted molar refractivity (Wildman–Crippen MR) is 84.6 cm³/mol. The van der Waals surface area contributed by atoms with Crippen molar-refractivity contribution in [1.29, 1.82) is 0 Å². The van der Waals surface area contributed by atoms with Gasteiger partial charge in [-0.1, -0.05) is 6.07 Å². The van der Waals surface area contributed by atoms with Crippen molar-refractivity contribution in [3.8, 4) is 0 Å². The van der Waals surface area contributed by atoms with Gasteiger partial charge >= 0.3 is 0 Å². The third-order valence-electron chi connectivity index (χ3n) is 3.02. The normalized spacial score (nSPS) is 11.4. The molecule has 0 atom stereocenters. The van der Waals surface area contributed by atoms with Crippen LogP contribution in [0.15, 0.2) is 40.0 Å². The van der Waals surface area contributed by atoms with Crippen molar-refractivity contribution >= 4 is 31.6 Å². The van der Waals surface area contributed by atoms with E-state index in [2.05, 4.69) is 25.6 Å². The molecule has 0 bridgehead atoms. The van der Waals surface area contributed by atoms with Gasteiger partial charge in [0.1, 0.15) is 4.90 Å². The third kappa shape index (κ3) is 3.42. The fourth-order valence-electron chi connectivity index (χ4n) is 1.88. The molecular weight excluding hydrogens is 356 g/mol. The lowest BCUT2D eigenvalue weighted by atomic mass is 10.1. The molecule has 0 spiro atoms. The van der Waals surface area contributed by atoms with Gasteiger partial charge in [0, 0.05) is 16.9 Å². The molecule has 5 nitrogen and oxygen atoms in total. The summed E-state index contributed by atoms with van der Waals surface area (Å²) in [6.07, 6.45) is 3.11. The van der Waals surface area contributed by atoms with Crippen LogP contribution >= 0.6 is 15.9 Å². The molecule has 0 aliphatic carbocycles. The maximum Gasteiger partial charge on any atom is 0.263 e. The summed E-state index contributed by atoms with van der Waals surface area (Å²) in [6, 6.07) is 4.79. The number of sulfonamides is 1. The predicted octanol–water partition coefficient (Wildman–Crippen LogP) is 2.75. The van der Waals surface area contributed by atoms with Gasteiger partial charge in [-0.05, 0) is 58.6 Å². The molecule has 0 saturated carbocycles. The van der Waals surface area contributed by atoms with E-state index in [9.17, 15) is 13.5 Å². The van der Waals surface area contributed by atoms with Crippen molar-refractivity contribution in [1.82, 2.24) is 4.98 Å². The molecule has 21 heavy (non-hydrogen) atoms.